The smallest absolute Gasteiger partial charge is 0.237 e. The highest BCUT2D eigenvalue weighted by atomic mass is 19.1. The van der Waals surface area contributed by atoms with Gasteiger partial charge in [-0.25, -0.2) is 4.39 Å². The van der Waals surface area contributed by atoms with Crippen LogP contribution in [0.1, 0.15) is 32.4 Å². The molecular weight excluding hydrogens is 271 g/mol. The SMILES string of the molecule is CC(C)C(C(=O)NC(C)C(O)c1ccc(F)cc1)N(C)C. The first-order valence-corrected chi connectivity index (χ1v) is 7.14. The van der Waals surface area contributed by atoms with Gasteiger partial charge >= 0.3 is 0 Å². The average molecular weight is 296 g/mol. The van der Waals surface area contributed by atoms with Gasteiger partial charge < -0.3 is 10.4 Å². The number of benzene rings is 1. The number of carbonyl (C=O) groups is 1. The summed E-state index contributed by atoms with van der Waals surface area (Å²) >= 11 is 0. The molecule has 0 spiro atoms. The molecule has 0 aliphatic carbocycles. The Morgan fingerprint density at radius 3 is 2.14 bits per heavy atom. The van der Waals surface area contributed by atoms with Gasteiger partial charge in [0, 0.05) is 0 Å². The van der Waals surface area contributed by atoms with Gasteiger partial charge in [0.15, 0.2) is 0 Å². The Balaban J connectivity index is 2.73. The van der Waals surface area contributed by atoms with Crippen LogP contribution in [0, 0.1) is 11.7 Å². The lowest BCUT2D eigenvalue weighted by molar-refractivity contribution is -0.128. The van der Waals surface area contributed by atoms with Crippen molar-refractivity contribution in [2.75, 3.05) is 14.1 Å². The van der Waals surface area contributed by atoms with Gasteiger partial charge in [0.1, 0.15) is 5.82 Å². The molecule has 0 aliphatic heterocycles. The molecule has 0 aromatic heterocycles. The summed E-state index contributed by atoms with van der Waals surface area (Å²) in [5.74, 6) is -0.311. The van der Waals surface area contributed by atoms with Gasteiger partial charge in [-0.05, 0) is 44.6 Å². The summed E-state index contributed by atoms with van der Waals surface area (Å²) in [5, 5.41) is 13.1. The molecule has 0 aliphatic rings. The topological polar surface area (TPSA) is 52.6 Å². The normalized spacial score (nSPS) is 15.9. The Labute approximate surface area is 126 Å². The van der Waals surface area contributed by atoms with E-state index in [-0.39, 0.29) is 23.7 Å². The fraction of sp³-hybridized carbons (Fsp3) is 0.562. The molecule has 5 heteroatoms. The summed E-state index contributed by atoms with van der Waals surface area (Å²) in [4.78, 5) is 14.2. The summed E-state index contributed by atoms with van der Waals surface area (Å²) in [5.41, 5.74) is 0.579. The Bertz CT molecular complexity index is 452. The van der Waals surface area contributed by atoms with Crippen molar-refractivity contribution in [1.29, 1.82) is 0 Å². The van der Waals surface area contributed by atoms with E-state index in [0.29, 0.717) is 5.56 Å². The molecule has 0 bridgehead atoms. The number of nitrogens with one attached hydrogen (secondary N) is 1. The molecule has 1 amide bonds. The molecule has 0 saturated heterocycles. The highest BCUT2D eigenvalue weighted by Crippen LogP contribution is 2.18. The zero-order chi connectivity index (χ0) is 16.2. The van der Waals surface area contributed by atoms with Crippen molar-refractivity contribution in [2.24, 2.45) is 5.92 Å². The Morgan fingerprint density at radius 2 is 1.71 bits per heavy atom. The standard InChI is InChI=1S/C16H25FN2O2/c1-10(2)14(19(4)5)16(21)18-11(3)15(20)12-6-8-13(17)9-7-12/h6-11,14-15,20H,1-5H3,(H,18,21). The fourth-order valence-electron chi connectivity index (χ4n) is 2.47. The predicted molar refractivity (Wildman–Crippen MR) is 81.3 cm³/mol. The first kappa shape index (κ1) is 17.6. The monoisotopic (exact) mass is 296 g/mol. The number of likely N-dealkylation sites (N-methyl/N-ethyl adjacent to an activating group) is 1. The molecule has 1 rings (SSSR count). The van der Waals surface area contributed by atoms with E-state index in [4.69, 9.17) is 0 Å². The second-order valence-corrected chi connectivity index (χ2v) is 5.95. The van der Waals surface area contributed by atoms with E-state index in [1.807, 2.05) is 32.8 Å². The minimum Gasteiger partial charge on any atom is -0.386 e. The third kappa shape index (κ3) is 4.79. The fourth-order valence-corrected chi connectivity index (χ4v) is 2.47. The number of aliphatic hydroxyl groups excluding tert-OH is 1. The zero-order valence-corrected chi connectivity index (χ0v) is 13.3. The van der Waals surface area contributed by atoms with E-state index in [1.54, 1.807) is 6.92 Å². The van der Waals surface area contributed by atoms with Gasteiger partial charge in [-0.2, -0.15) is 0 Å². The molecule has 0 radical (unpaired) electrons. The first-order chi connectivity index (χ1) is 9.73. The summed E-state index contributed by atoms with van der Waals surface area (Å²) < 4.78 is 12.9. The van der Waals surface area contributed by atoms with Crippen LogP contribution in [0.3, 0.4) is 0 Å². The van der Waals surface area contributed by atoms with Crippen molar-refractivity contribution >= 4 is 5.91 Å². The molecule has 0 heterocycles. The van der Waals surface area contributed by atoms with Gasteiger partial charge in [-0.1, -0.05) is 26.0 Å². The number of halogens is 1. The van der Waals surface area contributed by atoms with E-state index >= 15 is 0 Å². The molecule has 4 nitrogen and oxygen atoms in total. The highest BCUT2D eigenvalue weighted by molar-refractivity contribution is 5.82. The highest BCUT2D eigenvalue weighted by Gasteiger charge is 2.27. The van der Waals surface area contributed by atoms with Crippen molar-refractivity contribution in [3.63, 3.8) is 0 Å². The number of hydrogen-bond acceptors (Lipinski definition) is 3. The first-order valence-electron chi connectivity index (χ1n) is 7.14. The second kappa shape index (κ2) is 7.52. The molecule has 3 unspecified atom stereocenters. The van der Waals surface area contributed by atoms with Crippen LogP contribution in [0.25, 0.3) is 0 Å². The third-order valence-electron chi connectivity index (χ3n) is 3.51. The molecule has 1 aromatic carbocycles. The maximum Gasteiger partial charge on any atom is 0.237 e. The van der Waals surface area contributed by atoms with Crippen LogP contribution in [0.15, 0.2) is 24.3 Å². The minimum absolute atomic E-state index is 0.122. The Morgan fingerprint density at radius 1 is 1.19 bits per heavy atom. The summed E-state index contributed by atoms with van der Waals surface area (Å²) in [6.45, 7) is 5.69. The summed E-state index contributed by atoms with van der Waals surface area (Å²) in [6.07, 6.45) is -0.871. The Kier molecular flexibility index (Phi) is 6.30. The Hall–Kier alpha value is -1.46. The second-order valence-electron chi connectivity index (χ2n) is 5.95. The molecule has 1 aromatic rings. The molecule has 0 saturated carbocycles. The van der Waals surface area contributed by atoms with Gasteiger partial charge in [-0.15, -0.1) is 0 Å². The van der Waals surface area contributed by atoms with Crippen LogP contribution in [0.2, 0.25) is 0 Å². The number of aliphatic hydroxyl groups is 1. The lowest BCUT2D eigenvalue weighted by Crippen LogP contribution is -2.50. The van der Waals surface area contributed by atoms with Crippen LogP contribution in [-0.4, -0.2) is 42.1 Å². The largest absolute Gasteiger partial charge is 0.386 e. The van der Waals surface area contributed by atoms with Crippen molar-refractivity contribution in [3.8, 4) is 0 Å². The van der Waals surface area contributed by atoms with Crippen LogP contribution >= 0.6 is 0 Å². The lowest BCUT2D eigenvalue weighted by atomic mass is 10.00. The average Bonchev–Trinajstić information content (AvgIpc) is 2.37. The molecule has 21 heavy (non-hydrogen) atoms. The van der Waals surface area contributed by atoms with Crippen LogP contribution in [0.4, 0.5) is 4.39 Å². The van der Waals surface area contributed by atoms with Crippen molar-refractivity contribution in [2.45, 2.75) is 39.0 Å². The van der Waals surface area contributed by atoms with Crippen molar-refractivity contribution < 1.29 is 14.3 Å². The van der Waals surface area contributed by atoms with Crippen molar-refractivity contribution in [1.82, 2.24) is 10.2 Å². The number of carbonyl (C=O) groups excluding carboxylic acids is 1. The predicted octanol–water partition coefficient (Wildman–Crippen LogP) is 1.95. The van der Waals surface area contributed by atoms with E-state index in [9.17, 15) is 14.3 Å². The van der Waals surface area contributed by atoms with E-state index in [1.165, 1.54) is 24.3 Å². The van der Waals surface area contributed by atoms with E-state index in [2.05, 4.69) is 5.32 Å². The number of rotatable bonds is 6. The maximum atomic E-state index is 12.9. The third-order valence-corrected chi connectivity index (χ3v) is 3.51. The number of hydrogen-bond donors (Lipinski definition) is 2. The molecule has 0 fully saturated rings. The van der Waals surface area contributed by atoms with Gasteiger partial charge in [0.25, 0.3) is 0 Å². The number of nitrogens with zero attached hydrogens (tertiary/aromatic N) is 1. The number of amides is 1. The lowest BCUT2D eigenvalue weighted by Gasteiger charge is -2.29. The van der Waals surface area contributed by atoms with E-state index in [0.717, 1.165) is 0 Å². The molecular formula is C16H25FN2O2. The van der Waals surface area contributed by atoms with E-state index < -0.39 is 12.1 Å². The molecule has 118 valence electrons. The molecule has 2 N–H and O–H groups in total. The summed E-state index contributed by atoms with van der Waals surface area (Å²) in [6, 6.07) is 4.92. The maximum absolute atomic E-state index is 12.9. The summed E-state index contributed by atoms with van der Waals surface area (Å²) in [7, 11) is 3.70. The van der Waals surface area contributed by atoms with Gasteiger partial charge in [0.05, 0.1) is 18.2 Å². The zero-order valence-electron chi connectivity index (χ0n) is 13.3. The molecule has 3 atom stereocenters. The van der Waals surface area contributed by atoms with Crippen LogP contribution in [-0.2, 0) is 4.79 Å². The van der Waals surface area contributed by atoms with Gasteiger partial charge in [0.2, 0.25) is 5.91 Å². The van der Waals surface area contributed by atoms with Crippen LogP contribution in [0.5, 0.6) is 0 Å². The quantitative estimate of drug-likeness (QED) is 0.843. The van der Waals surface area contributed by atoms with Gasteiger partial charge in [-0.3, -0.25) is 9.69 Å². The minimum atomic E-state index is -0.871. The van der Waals surface area contributed by atoms with Crippen LogP contribution < -0.4 is 5.32 Å². The van der Waals surface area contributed by atoms with Crippen molar-refractivity contribution in [3.05, 3.63) is 35.6 Å².